The molecule has 0 bridgehead atoms. The van der Waals surface area contributed by atoms with Gasteiger partial charge in [-0.2, -0.15) is 0 Å². The monoisotopic (exact) mass is 245 g/mol. The summed E-state index contributed by atoms with van der Waals surface area (Å²) in [5.74, 6) is 0.539. The van der Waals surface area contributed by atoms with E-state index in [9.17, 15) is 10.2 Å². The lowest BCUT2D eigenvalue weighted by molar-refractivity contribution is 0.0239. The molecule has 0 radical (unpaired) electrons. The summed E-state index contributed by atoms with van der Waals surface area (Å²) in [4.78, 5) is 0. The van der Waals surface area contributed by atoms with E-state index in [0.29, 0.717) is 16.3 Å². The van der Waals surface area contributed by atoms with Crippen molar-refractivity contribution in [3.05, 3.63) is 28.3 Å². The van der Waals surface area contributed by atoms with Crippen molar-refractivity contribution in [1.82, 2.24) is 0 Å². The summed E-state index contributed by atoms with van der Waals surface area (Å²) in [6.45, 7) is 1.80. The largest absolute Gasteiger partial charge is 0.495 e. The maximum absolute atomic E-state index is 9.83. The maximum Gasteiger partial charge on any atom is 0.137 e. The van der Waals surface area contributed by atoms with E-state index in [2.05, 4.69) is 0 Å². The maximum atomic E-state index is 9.83. The van der Waals surface area contributed by atoms with Gasteiger partial charge in [-0.05, 0) is 30.2 Å². The summed E-state index contributed by atoms with van der Waals surface area (Å²) in [6, 6.07) is 3.30. The second kappa shape index (κ2) is 5.50. The third-order valence-corrected chi connectivity index (χ3v) is 2.76. The molecule has 0 fully saturated rings. The van der Waals surface area contributed by atoms with E-state index in [4.69, 9.17) is 22.1 Å². The van der Waals surface area contributed by atoms with Crippen LogP contribution >= 0.6 is 11.6 Å². The SMILES string of the molecule is COc1cc(C)c(C(O)C(O)CN)cc1Cl. The molecule has 0 aromatic heterocycles. The summed E-state index contributed by atoms with van der Waals surface area (Å²) >= 11 is 5.94. The van der Waals surface area contributed by atoms with Crippen LogP contribution in [0.5, 0.6) is 5.75 Å². The number of aliphatic hydroxyl groups excluding tert-OH is 2. The third kappa shape index (κ3) is 2.65. The molecule has 4 nitrogen and oxygen atoms in total. The van der Waals surface area contributed by atoms with E-state index >= 15 is 0 Å². The normalized spacial score (nSPS) is 14.6. The van der Waals surface area contributed by atoms with Crippen LogP contribution in [-0.2, 0) is 0 Å². The fourth-order valence-corrected chi connectivity index (χ4v) is 1.73. The lowest BCUT2D eigenvalue weighted by Crippen LogP contribution is -2.27. The minimum absolute atomic E-state index is 0.00967. The van der Waals surface area contributed by atoms with Crippen LogP contribution in [-0.4, -0.2) is 30.0 Å². The molecule has 0 heterocycles. The molecule has 0 aliphatic heterocycles. The summed E-state index contributed by atoms with van der Waals surface area (Å²) in [7, 11) is 1.52. The lowest BCUT2D eigenvalue weighted by Gasteiger charge is -2.19. The van der Waals surface area contributed by atoms with E-state index < -0.39 is 12.2 Å². The first-order chi connectivity index (χ1) is 7.51. The van der Waals surface area contributed by atoms with Gasteiger partial charge in [0, 0.05) is 6.54 Å². The van der Waals surface area contributed by atoms with Gasteiger partial charge in [0.05, 0.1) is 18.2 Å². The zero-order valence-corrected chi connectivity index (χ0v) is 10.0. The van der Waals surface area contributed by atoms with Crippen LogP contribution in [0.3, 0.4) is 0 Å². The quantitative estimate of drug-likeness (QED) is 0.740. The van der Waals surface area contributed by atoms with Crippen molar-refractivity contribution in [2.75, 3.05) is 13.7 Å². The Kier molecular flexibility index (Phi) is 4.56. The third-order valence-electron chi connectivity index (χ3n) is 2.47. The molecule has 16 heavy (non-hydrogen) atoms. The first kappa shape index (κ1) is 13.3. The van der Waals surface area contributed by atoms with E-state index in [0.717, 1.165) is 5.56 Å². The first-order valence-electron chi connectivity index (χ1n) is 4.91. The lowest BCUT2D eigenvalue weighted by atomic mass is 9.99. The van der Waals surface area contributed by atoms with E-state index in [1.54, 1.807) is 19.1 Å². The zero-order chi connectivity index (χ0) is 12.3. The molecule has 1 aromatic rings. The standard InChI is InChI=1S/C11H16ClNO3/c1-6-3-10(16-2)8(12)4-7(6)11(15)9(14)5-13/h3-4,9,11,14-15H,5,13H2,1-2H3. The number of aliphatic hydroxyl groups is 2. The summed E-state index contributed by atoms with van der Waals surface area (Å²) in [5, 5.41) is 19.7. The number of methoxy groups -OCH3 is 1. The van der Waals surface area contributed by atoms with Crippen LogP contribution < -0.4 is 10.5 Å². The van der Waals surface area contributed by atoms with Gasteiger partial charge in [-0.25, -0.2) is 0 Å². The average Bonchev–Trinajstić information content (AvgIpc) is 2.29. The van der Waals surface area contributed by atoms with Crippen molar-refractivity contribution in [2.45, 2.75) is 19.1 Å². The Morgan fingerprint density at radius 1 is 1.44 bits per heavy atom. The molecule has 0 aliphatic rings. The van der Waals surface area contributed by atoms with Crippen LogP contribution in [0.25, 0.3) is 0 Å². The Morgan fingerprint density at radius 3 is 2.56 bits per heavy atom. The van der Waals surface area contributed by atoms with Crippen molar-refractivity contribution in [1.29, 1.82) is 0 Å². The summed E-state index contributed by atoms with van der Waals surface area (Å²) in [5.41, 5.74) is 6.64. The van der Waals surface area contributed by atoms with Gasteiger partial charge in [0.2, 0.25) is 0 Å². The van der Waals surface area contributed by atoms with Crippen molar-refractivity contribution in [3.63, 3.8) is 0 Å². The number of hydrogen-bond acceptors (Lipinski definition) is 4. The van der Waals surface area contributed by atoms with Gasteiger partial charge in [0.25, 0.3) is 0 Å². The van der Waals surface area contributed by atoms with Crippen molar-refractivity contribution >= 4 is 11.6 Å². The number of aryl methyl sites for hydroxylation is 1. The predicted octanol–water partition coefficient (Wildman–Crippen LogP) is 1.01. The number of halogens is 1. The highest BCUT2D eigenvalue weighted by Gasteiger charge is 2.20. The Hall–Kier alpha value is -0.810. The van der Waals surface area contributed by atoms with E-state index in [-0.39, 0.29) is 6.54 Å². The minimum Gasteiger partial charge on any atom is -0.495 e. The molecule has 0 aliphatic carbocycles. The van der Waals surface area contributed by atoms with Gasteiger partial charge in [-0.3, -0.25) is 0 Å². The average molecular weight is 246 g/mol. The van der Waals surface area contributed by atoms with Crippen LogP contribution in [0.2, 0.25) is 5.02 Å². The van der Waals surface area contributed by atoms with Gasteiger partial charge >= 0.3 is 0 Å². The van der Waals surface area contributed by atoms with Crippen LogP contribution in [0.15, 0.2) is 12.1 Å². The van der Waals surface area contributed by atoms with Gasteiger partial charge in [0.1, 0.15) is 11.9 Å². The van der Waals surface area contributed by atoms with Crippen molar-refractivity contribution < 1.29 is 14.9 Å². The van der Waals surface area contributed by atoms with Gasteiger partial charge in [0.15, 0.2) is 0 Å². The minimum atomic E-state index is -1.03. The molecule has 1 aromatic carbocycles. The second-order valence-corrected chi connectivity index (χ2v) is 4.00. The van der Waals surface area contributed by atoms with Gasteiger partial charge < -0.3 is 20.7 Å². The van der Waals surface area contributed by atoms with Crippen LogP contribution in [0.4, 0.5) is 0 Å². The Balaban J connectivity index is 3.10. The molecular weight excluding hydrogens is 230 g/mol. The molecule has 1 rings (SSSR count). The smallest absolute Gasteiger partial charge is 0.137 e. The van der Waals surface area contributed by atoms with Crippen LogP contribution in [0, 0.1) is 6.92 Å². The molecule has 4 N–H and O–H groups in total. The topological polar surface area (TPSA) is 75.7 Å². The number of hydrogen-bond donors (Lipinski definition) is 3. The van der Waals surface area contributed by atoms with Gasteiger partial charge in [-0.1, -0.05) is 11.6 Å². The fourth-order valence-electron chi connectivity index (χ4n) is 1.48. The van der Waals surface area contributed by atoms with E-state index in [1.807, 2.05) is 0 Å². The highest BCUT2D eigenvalue weighted by atomic mass is 35.5. The Labute approximate surface area is 99.6 Å². The highest BCUT2D eigenvalue weighted by Crippen LogP contribution is 2.31. The first-order valence-corrected chi connectivity index (χ1v) is 5.29. The molecule has 90 valence electrons. The molecule has 2 unspecified atom stereocenters. The molecule has 0 spiro atoms. The molecule has 5 heteroatoms. The second-order valence-electron chi connectivity index (χ2n) is 3.59. The predicted molar refractivity (Wildman–Crippen MR) is 62.8 cm³/mol. The zero-order valence-electron chi connectivity index (χ0n) is 9.27. The number of nitrogens with two attached hydrogens (primary N) is 1. The van der Waals surface area contributed by atoms with Gasteiger partial charge in [-0.15, -0.1) is 0 Å². The summed E-state index contributed by atoms with van der Waals surface area (Å²) in [6.07, 6.45) is -2.03. The molecular formula is C11H16ClNO3. The number of benzene rings is 1. The van der Waals surface area contributed by atoms with Crippen LogP contribution in [0.1, 0.15) is 17.2 Å². The molecule has 0 amide bonds. The number of ether oxygens (including phenoxy) is 1. The Bertz CT molecular complexity index is 370. The fraction of sp³-hybridized carbons (Fsp3) is 0.455. The van der Waals surface area contributed by atoms with E-state index in [1.165, 1.54) is 7.11 Å². The summed E-state index contributed by atoms with van der Waals surface area (Å²) < 4.78 is 5.05. The van der Waals surface area contributed by atoms with Crippen molar-refractivity contribution in [2.24, 2.45) is 5.73 Å². The molecule has 2 atom stereocenters. The Morgan fingerprint density at radius 2 is 2.06 bits per heavy atom. The van der Waals surface area contributed by atoms with Crippen molar-refractivity contribution in [3.8, 4) is 5.75 Å². The highest BCUT2D eigenvalue weighted by molar-refractivity contribution is 6.32. The molecule has 0 saturated carbocycles. The molecule has 0 saturated heterocycles. The number of rotatable bonds is 4.